The maximum absolute atomic E-state index is 13.0. The van der Waals surface area contributed by atoms with E-state index < -0.39 is 21.7 Å². The van der Waals surface area contributed by atoms with E-state index in [1.165, 1.54) is 12.1 Å². The minimum Gasteiger partial charge on any atom is -0.398 e. The molecule has 0 atom stereocenters. The van der Waals surface area contributed by atoms with E-state index in [0.717, 1.165) is 18.2 Å². The third-order valence-corrected chi connectivity index (χ3v) is 4.37. The second kappa shape index (κ2) is 6.19. The Morgan fingerprint density at radius 1 is 1.05 bits per heavy atom. The van der Waals surface area contributed by atoms with Crippen LogP contribution in [0.3, 0.4) is 0 Å². The quantitative estimate of drug-likeness (QED) is 0.830. The van der Waals surface area contributed by atoms with Crippen LogP contribution < -0.4 is 10.5 Å². The van der Waals surface area contributed by atoms with E-state index in [1.54, 1.807) is 12.1 Å². The first-order valence-electron chi connectivity index (χ1n) is 6.17. The molecule has 112 valence electrons. The van der Waals surface area contributed by atoms with Crippen LogP contribution in [0.4, 0.5) is 14.5 Å². The number of nitrogen functional groups attached to an aromatic ring is 1. The third kappa shape index (κ3) is 3.99. The Kier molecular flexibility index (Phi) is 4.54. The molecule has 0 radical (unpaired) electrons. The van der Waals surface area contributed by atoms with Gasteiger partial charge in [0.05, 0.1) is 5.69 Å². The second-order valence-electron chi connectivity index (χ2n) is 4.46. The van der Waals surface area contributed by atoms with E-state index in [2.05, 4.69) is 4.72 Å². The summed E-state index contributed by atoms with van der Waals surface area (Å²) < 4.78 is 52.5. The number of hydrogen-bond donors (Lipinski definition) is 2. The maximum atomic E-state index is 13.0. The lowest BCUT2D eigenvalue weighted by Crippen LogP contribution is -2.26. The van der Waals surface area contributed by atoms with Gasteiger partial charge in [-0.15, -0.1) is 0 Å². The van der Waals surface area contributed by atoms with Crippen LogP contribution in [0.2, 0.25) is 0 Å². The van der Waals surface area contributed by atoms with Gasteiger partial charge in [0.1, 0.15) is 16.5 Å². The Morgan fingerprint density at radius 3 is 2.29 bits per heavy atom. The van der Waals surface area contributed by atoms with Crippen molar-refractivity contribution < 1.29 is 17.2 Å². The van der Waals surface area contributed by atoms with E-state index in [4.69, 9.17) is 5.73 Å². The van der Waals surface area contributed by atoms with Crippen molar-refractivity contribution in [2.24, 2.45) is 0 Å². The number of benzene rings is 2. The average molecular weight is 312 g/mol. The number of rotatable bonds is 5. The number of sulfonamides is 1. The molecule has 2 aromatic carbocycles. The van der Waals surface area contributed by atoms with E-state index in [9.17, 15) is 17.2 Å². The molecule has 0 amide bonds. The summed E-state index contributed by atoms with van der Waals surface area (Å²) in [7, 11) is -3.74. The zero-order chi connectivity index (χ0) is 15.5. The highest BCUT2D eigenvalue weighted by molar-refractivity contribution is 7.89. The first-order chi connectivity index (χ1) is 9.88. The smallest absolute Gasteiger partial charge is 0.242 e. The minimum absolute atomic E-state index is 0.0135. The lowest BCUT2D eigenvalue weighted by molar-refractivity contribution is 0.576. The van der Waals surface area contributed by atoms with Crippen LogP contribution in [0.15, 0.2) is 47.4 Å². The predicted octanol–water partition coefficient (Wildman–Crippen LogP) is 2.07. The standard InChI is InChI=1S/C14H14F2N2O2S/c15-11-7-10(8-12(16)9-11)5-6-18-21(19,20)14-4-2-1-3-13(14)17/h1-4,7-9,18H,5-6,17H2. The molecule has 0 heterocycles. The molecule has 0 unspecified atom stereocenters. The summed E-state index contributed by atoms with van der Waals surface area (Å²) in [5.41, 5.74) is 6.12. The van der Waals surface area contributed by atoms with Gasteiger partial charge in [0.2, 0.25) is 10.0 Å². The Hall–Kier alpha value is -1.99. The summed E-state index contributed by atoms with van der Waals surface area (Å²) in [5, 5.41) is 0. The Bertz CT molecular complexity index is 728. The fourth-order valence-electron chi connectivity index (χ4n) is 1.89. The van der Waals surface area contributed by atoms with Crippen molar-refractivity contribution in [3.05, 3.63) is 59.7 Å². The molecule has 4 nitrogen and oxygen atoms in total. The first kappa shape index (κ1) is 15.4. The van der Waals surface area contributed by atoms with Crippen molar-refractivity contribution in [2.75, 3.05) is 12.3 Å². The zero-order valence-electron chi connectivity index (χ0n) is 11.0. The van der Waals surface area contributed by atoms with Gasteiger partial charge in [0.25, 0.3) is 0 Å². The van der Waals surface area contributed by atoms with Gasteiger partial charge < -0.3 is 5.73 Å². The van der Waals surface area contributed by atoms with Crippen molar-refractivity contribution in [2.45, 2.75) is 11.3 Å². The van der Waals surface area contributed by atoms with Crippen LogP contribution in [0.5, 0.6) is 0 Å². The monoisotopic (exact) mass is 312 g/mol. The Morgan fingerprint density at radius 2 is 1.67 bits per heavy atom. The van der Waals surface area contributed by atoms with Crippen LogP contribution in [-0.4, -0.2) is 15.0 Å². The van der Waals surface area contributed by atoms with Crippen LogP contribution in [0.1, 0.15) is 5.56 Å². The molecule has 0 spiro atoms. The molecule has 2 rings (SSSR count). The van der Waals surface area contributed by atoms with Gasteiger partial charge in [-0.05, 0) is 36.2 Å². The summed E-state index contributed by atoms with van der Waals surface area (Å²) in [6.07, 6.45) is 0.167. The van der Waals surface area contributed by atoms with Crippen molar-refractivity contribution in [3.8, 4) is 0 Å². The summed E-state index contributed by atoms with van der Waals surface area (Å²) in [6, 6.07) is 9.15. The molecule has 21 heavy (non-hydrogen) atoms. The van der Waals surface area contributed by atoms with Crippen molar-refractivity contribution in [3.63, 3.8) is 0 Å². The molecular weight excluding hydrogens is 298 g/mol. The summed E-state index contributed by atoms with van der Waals surface area (Å²) in [6.45, 7) is 0.0135. The number of anilines is 1. The van der Waals surface area contributed by atoms with Gasteiger partial charge in [-0.3, -0.25) is 0 Å². The summed E-state index contributed by atoms with van der Waals surface area (Å²) >= 11 is 0. The topological polar surface area (TPSA) is 72.2 Å². The second-order valence-corrected chi connectivity index (χ2v) is 6.20. The van der Waals surface area contributed by atoms with E-state index in [1.807, 2.05) is 0 Å². The van der Waals surface area contributed by atoms with Crippen LogP contribution in [0, 0.1) is 11.6 Å². The van der Waals surface area contributed by atoms with Crippen molar-refractivity contribution >= 4 is 15.7 Å². The Balaban J connectivity index is 2.04. The van der Waals surface area contributed by atoms with Gasteiger partial charge in [-0.2, -0.15) is 0 Å². The molecule has 0 saturated heterocycles. The van der Waals surface area contributed by atoms with E-state index >= 15 is 0 Å². The number of hydrogen-bond acceptors (Lipinski definition) is 3. The molecule has 0 bridgehead atoms. The molecule has 0 fully saturated rings. The molecule has 3 N–H and O–H groups in total. The first-order valence-corrected chi connectivity index (χ1v) is 7.66. The van der Waals surface area contributed by atoms with Crippen LogP contribution in [0.25, 0.3) is 0 Å². The lowest BCUT2D eigenvalue weighted by Gasteiger charge is -2.09. The summed E-state index contributed by atoms with van der Waals surface area (Å²) in [5.74, 6) is -1.39. The fraction of sp³-hybridized carbons (Fsp3) is 0.143. The zero-order valence-corrected chi connectivity index (χ0v) is 11.8. The number of halogens is 2. The normalized spacial score (nSPS) is 11.5. The van der Waals surface area contributed by atoms with Gasteiger partial charge in [0.15, 0.2) is 0 Å². The van der Waals surface area contributed by atoms with Crippen molar-refractivity contribution in [1.29, 1.82) is 0 Å². The third-order valence-electron chi connectivity index (χ3n) is 2.84. The fourth-order valence-corrected chi connectivity index (χ4v) is 3.05. The highest BCUT2D eigenvalue weighted by Gasteiger charge is 2.16. The SMILES string of the molecule is Nc1ccccc1S(=O)(=O)NCCc1cc(F)cc(F)c1. The molecular formula is C14H14F2N2O2S. The molecule has 0 aliphatic carbocycles. The molecule has 0 saturated carbocycles. The number of para-hydroxylation sites is 1. The van der Waals surface area contributed by atoms with Gasteiger partial charge in [-0.1, -0.05) is 12.1 Å². The molecule has 7 heteroatoms. The number of nitrogens with two attached hydrogens (primary N) is 1. The van der Waals surface area contributed by atoms with Crippen LogP contribution in [-0.2, 0) is 16.4 Å². The highest BCUT2D eigenvalue weighted by atomic mass is 32.2. The largest absolute Gasteiger partial charge is 0.398 e. The van der Waals surface area contributed by atoms with Gasteiger partial charge in [-0.25, -0.2) is 21.9 Å². The van der Waals surface area contributed by atoms with Gasteiger partial charge >= 0.3 is 0 Å². The lowest BCUT2D eigenvalue weighted by atomic mass is 10.1. The van der Waals surface area contributed by atoms with E-state index in [0.29, 0.717) is 5.56 Å². The minimum atomic E-state index is -3.74. The predicted molar refractivity (Wildman–Crippen MR) is 76.1 cm³/mol. The van der Waals surface area contributed by atoms with E-state index in [-0.39, 0.29) is 23.5 Å². The highest BCUT2D eigenvalue weighted by Crippen LogP contribution is 2.16. The number of nitrogens with one attached hydrogen (secondary N) is 1. The molecule has 0 aliphatic heterocycles. The van der Waals surface area contributed by atoms with Gasteiger partial charge in [0, 0.05) is 12.6 Å². The van der Waals surface area contributed by atoms with Crippen LogP contribution >= 0.6 is 0 Å². The Labute approximate surface area is 121 Å². The summed E-state index contributed by atoms with van der Waals surface area (Å²) in [4.78, 5) is -0.0181. The molecule has 0 aliphatic rings. The maximum Gasteiger partial charge on any atom is 0.242 e. The average Bonchev–Trinajstić information content (AvgIpc) is 2.37. The molecule has 2 aromatic rings. The molecule has 0 aromatic heterocycles. The van der Waals surface area contributed by atoms with Crippen molar-refractivity contribution in [1.82, 2.24) is 4.72 Å².